The highest BCUT2D eigenvalue weighted by Gasteiger charge is 2.40. The molecule has 1 aliphatic heterocycles. The Morgan fingerprint density at radius 1 is 1.25 bits per heavy atom. The summed E-state index contributed by atoms with van der Waals surface area (Å²) in [5.41, 5.74) is 1.32. The molecule has 132 valence electrons. The summed E-state index contributed by atoms with van der Waals surface area (Å²) >= 11 is 6.10. The van der Waals surface area contributed by atoms with E-state index in [1.165, 1.54) is 5.56 Å². The van der Waals surface area contributed by atoms with Crippen LogP contribution in [0.25, 0.3) is 0 Å². The number of aliphatic imine (C=N–C) groups is 1. The Bertz CT molecular complexity index is 601. The fourth-order valence-corrected chi connectivity index (χ4v) is 3.79. The number of halogens is 1. The quantitative estimate of drug-likeness (QED) is 0.649. The van der Waals surface area contributed by atoms with Crippen molar-refractivity contribution in [2.75, 3.05) is 20.1 Å². The third-order valence-electron chi connectivity index (χ3n) is 5.31. The van der Waals surface area contributed by atoms with E-state index in [0.29, 0.717) is 30.0 Å². The van der Waals surface area contributed by atoms with Gasteiger partial charge in [0.05, 0.1) is 0 Å². The number of benzene rings is 1. The average molecular weight is 349 g/mol. The second-order valence-corrected chi connectivity index (χ2v) is 7.93. The Kier molecular flexibility index (Phi) is 5.36. The predicted octanol–water partition coefficient (Wildman–Crippen LogP) is 3.09. The lowest BCUT2D eigenvalue weighted by Crippen LogP contribution is -2.47. The van der Waals surface area contributed by atoms with Crippen molar-refractivity contribution in [3.63, 3.8) is 0 Å². The molecule has 1 aromatic carbocycles. The molecule has 0 aromatic heterocycles. The van der Waals surface area contributed by atoms with E-state index in [4.69, 9.17) is 11.6 Å². The van der Waals surface area contributed by atoms with Crippen LogP contribution in [-0.4, -0.2) is 49.1 Å². The van der Waals surface area contributed by atoms with Gasteiger partial charge < -0.3 is 10.6 Å². The lowest BCUT2D eigenvalue weighted by molar-refractivity contribution is 0.265. The summed E-state index contributed by atoms with van der Waals surface area (Å²) in [6.45, 7) is 9.09. The van der Waals surface area contributed by atoms with Crippen molar-refractivity contribution in [1.82, 2.24) is 15.5 Å². The van der Waals surface area contributed by atoms with E-state index in [1.54, 1.807) is 0 Å². The molecule has 4 nitrogen and oxygen atoms in total. The second-order valence-electron chi connectivity index (χ2n) is 7.50. The van der Waals surface area contributed by atoms with Gasteiger partial charge in [0.1, 0.15) is 0 Å². The van der Waals surface area contributed by atoms with E-state index in [2.05, 4.69) is 53.4 Å². The van der Waals surface area contributed by atoms with Gasteiger partial charge in [0.25, 0.3) is 0 Å². The molecule has 3 rings (SSSR count). The topological polar surface area (TPSA) is 39.7 Å². The van der Waals surface area contributed by atoms with Crippen LogP contribution in [0.4, 0.5) is 0 Å². The Labute approximate surface area is 150 Å². The van der Waals surface area contributed by atoms with Crippen LogP contribution in [0, 0.1) is 5.92 Å². The molecule has 1 saturated heterocycles. The van der Waals surface area contributed by atoms with Crippen molar-refractivity contribution in [1.29, 1.82) is 0 Å². The average Bonchev–Trinajstić information content (AvgIpc) is 3.21. The van der Waals surface area contributed by atoms with Crippen molar-refractivity contribution >= 4 is 17.6 Å². The fraction of sp³-hybridized carbons (Fsp3) is 0.632. The first-order valence-corrected chi connectivity index (χ1v) is 9.35. The summed E-state index contributed by atoms with van der Waals surface area (Å²) in [5.74, 6) is 2.09. The van der Waals surface area contributed by atoms with Crippen LogP contribution in [0.1, 0.15) is 38.7 Å². The van der Waals surface area contributed by atoms with Gasteiger partial charge in [-0.2, -0.15) is 0 Å². The van der Waals surface area contributed by atoms with E-state index in [-0.39, 0.29) is 0 Å². The van der Waals surface area contributed by atoms with Crippen LogP contribution < -0.4 is 10.6 Å². The summed E-state index contributed by atoms with van der Waals surface area (Å²) in [5, 5.41) is 8.02. The van der Waals surface area contributed by atoms with Crippen molar-refractivity contribution in [2.45, 2.75) is 51.2 Å². The van der Waals surface area contributed by atoms with Gasteiger partial charge in [-0.05, 0) is 43.9 Å². The Balaban J connectivity index is 1.53. The maximum absolute atomic E-state index is 6.10. The molecule has 4 unspecified atom stereocenters. The number of hydrogen-bond donors (Lipinski definition) is 2. The Morgan fingerprint density at radius 2 is 2.00 bits per heavy atom. The second kappa shape index (κ2) is 7.32. The van der Waals surface area contributed by atoms with Crippen molar-refractivity contribution in [3.8, 4) is 0 Å². The maximum Gasteiger partial charge on any atom is 0.191 e. The first-order valence-electron chi connectivity index (χ1n) is 8.97. The van der Waals surface area contributed by atoms with Crippen LogP contribution >= 0.6 is 11.6 Å². The van der Waals surface area contributed by atoms with Gasteiger partial charge in [0.15, 0.2) is 5.96 Å². The van der Waals surface area contributed by atoms with Crippen LogP contribution in [0.3, 0.4) is 0 Å². The van der Waals surface area contributed by atoms with E-state index >= 15 is 0 Å². The fourth-order valence-electron chi connectivity index (χ4n) is 3.60. The molecule has 1 heterocycles. The molecule has 5 heteroatoms. The lowest BCUT2D eigenvalue weighted by Gasteiger charge is -2.22. The van der Waals surface area contributed by atoms with Crippen LogP contribution in [0.5, 0.6) is 0 Å². The highest BCUT2D eigenvalue weighted by atomic mass is 35.5. The van der Waals surface area contributed by atoms with Gasteiger partial charge in [-0.25, -0.2) is 0 Å². The van der Waals surface area contributed by atoms with Crippen molar-refractivity contribution in [3.05, 3.63) is 34.9 Å². The first-order chi connectivity index (χ1) is 11.5. The molecule has 24 heavy (non-hydrogen) atoms. The highest BCUT2D eigenvalue weighted by Crippen LogP contribution is 2.41. The Hall–Kier alpha value is -1.26. The number of hydrogen-bond acceptors (Lipinski definition) is 2. The number of rotatable bonds is 4. The number of nitrogens with one attached hydrogen (secondary N) is 2. The number of likely N-dealkylation sites (tertiary alicyclic amines) is 1. The molecule has 1 aliphatic carbocycles. The van der Waals surface area contributed by atoms with Gasteiger partial charge in [-0.1, -0.05) is 30.7 Å². The van der Waals surface area contributed by atoms with Gasteiger partial charge in [0.2, 0.25) is 0 Å². The van der Waals surface area contributed by atoms with Gasteiger partial charge >= 0.3 is 0 Å². The van der Waals surface area contributed by atoms with Crippen LogP contribution in [0.15, 0.2) is 29.3 Å². The lowest BCUT2D eigenvalue weighted by atomic mass is 10.1. The zero-order chi connectivity index (χ0) is 17.3. The summed E-state index contributed by atoms with van der Waals surface area (Å²) in [7, 11) is 1.85. The minimum absolute atomic E-state index is 0.451. The molecule has 1 aromatic rings. The van der Waals surface area contributed by atoms with Gasteiger partial charge in [0, 0.05) is 49.2 Å². The maximum atomic E-state index is 6.10. The van der Waals surface area contributed by atoms with Gasteiger partial charge in [-0.15, -0.1) is 0 Å². The standard InChI is InChI=1S/C19H29ClN4/c1-12(2)24-10-13(3)18(11-24)23-19(21-4)22-17-9-16(17)14-6-5-7-15(20)8-14/h5-8,12-13,16-18H,9-11H2,1-4H3,(H2,21,22,23). The summed E-state index contributed by atoms with van der Waals surface area (Å²) in [6.07, 6.45) is 1.14. The number of nitrogens with zero attached hydrogens (tertiary/aromatic N) is 2. The zero-order valence-electron chi connectivity index (χ0n) is 15.1. The molecular formula is C19H29ClN4. The third kappa shape index (κ3) is 4.04. The van der Waals surface area contributed by atoms with Crippen molar-refractivity contribution < 1.29 is 0 Å². The monoisotopic (exact) mass is 348 g/mol. The molecule has 2 N–H and O–H groups in total. The van der Waals surface area contributed by atoms with E-state index in [9.17, 15) is 0 Å². The predicted molar refractivity (Wildman–Crippen MR) is 102 cm³/mol. The third-order valence-corrected chi connectivity index (χ3v) is 5.54. The van der Waals surface area contributed by atoms with Gasteiger partial charge in [-0.3, -0.25) is 9.89 Å². The minimum atomic E-state index is 0.451. The molecule has 4 atom stereocenters. The highest BCUT2D eigenvalue weighted by molar-refractivity contribution is 6.30. The normalized spacial score (nSPS) is 30.7. The molecule has 0 amide bonds. The summed E-state index contributed by atoms with van der Waals surface area (Å²) < 4.78 is 0. The minimum Gasteiger partial charge on any atom is -0.353 e. The van der Waals surface area contributed by atoms with E-state index < -0.39 is 0 Å². The molecule has 1 saturated carbocycles. The summed E-state index contributed by atoms with van der Waals surface area (Å²) in [6, 6.07) is 9.70. The number of guanidine groups is 1. The van der Waals surface area contributed by atoms with Crippen molar-refractivity contribution in [2.24, 2.45) is 10.9 Å². The van der Waals surface area contributed by atoms with Crippen LogP contribution in [0.2, 0.25) is 5.02 Å². The molecule has 0 bridgehead atoms. The summed E-state index contributed by atoms with van der Waals surface area (Å²) in [4.78, 5) is 6.96. The molecular weight excluding hydrogens is 320 g/mol. The molecule has 0 spiro atoms. The SMILES string of the molecule is CN=C(NC1CN(C(C)C)CC1C)NC1CC1c1cccc(Cl)c1. The molecule has 2 aliphatic rings. The first kappa shape index (κ1) is 17.6. The van der Waals surface area contributed by atoms with E-state index in [1.807, 2.05) is 19.2 Å². The van der Waals surface area contributed by atoms with E-state index in [0.717, 1.165) is 30.5 Å². The largest absolute Gasteiger partial charge is 0.353 e. The Morgan fingerprint density at radius 3 is 2.62 bits per heavy atom. The molecule has 2 fully saturated rings. The van der Waals surface area contributed by atoms with Crippen LogP contribution in [-0.2, 0) is 0 Å². The molecule has 0 radical (unpaired) electrons. The zero-order valence-corrected chi connectivity index (χ0v) is 15.8. The smallest absolute Gasteiger partial charge is 0.191 e.